The zero-order valence-corrected chi connectivity index (χ0v) is 16.3. The number of thiophene rings is 1. The van der Waals surface area contributed by atoms with Crippen molar-refractivity contribution < 1.29 is 17.4 Å². The minimum absolute atomic E-state index is 0.0123. The van der Waals surface area contributed by atoms with E-state index in [0.717, 1.165) is 12.0 Å². The molecule has 0 N–H and O–H groups in total. The summed E-state index contributed by atoms with van der Waals surface area (Å²) in [6.07, 6.45) is 0.854. The molecule has 0 radical (unpaired) electrons. The molecule has 2 aromatic rings. The summed E-state index contributed by atoms with van der Waals surface area (Å²) in [6.45, 7) is 6.07. The van der Waals surface area contributed by atoms with E-state index in [2.05, 4.69) is 0 Å². The summed E-state index contributed by atoms with van der Waals surface area (Å²) >= 11 is 1.43. The van der Waals surface area contributed by atoms with E-state index in [0.29, 0.717) is 11.4 Å². The predicted octanol–water partition coefficient (Wildman–Crippen LogP) is 3.92. The fourth-order valence-electron chi connectivity index (χ4n) is 2.24. The SMILES string of the molecule is CC[C@H](C)N(Cc1ccc(OS(=O)(=O)CC)cc1)C(=O)c1cccs1. The van der Waals surface area contributed by atoms with Crippen LogP contribution in [-0.2, 0) is 16.7 Å². The number of hydrogen-bond acceptors (Lipinski definition) is 5. The van der Waals surface area contributed by atoms with E-state index >= 15 is 0 Å². The summed E-state index contributed by atoms with van der Waals surface area (Å²) in [5, 5.41) is 1.89. The monoisotopic (exact) mass is 381 g/mol. The molecule has 1 heterocycles. The molecule has 0 unspecified atom stereocenters. The van der Waals surface area contributed by atoms with Gasteiger partial charge in [-0.2, -0.15) is 8.42 Å². The van der Waals surface area contributed by atoms with Crippen molar-refractivity contribution in [2.45, 2.75) is 39.8 Å². The molecule has 2 rings (SSSR count). The van der Waals surface area contributed by atoms with Gasteiger partial charge in [0.15, 0.2) is 0 Å². The van der Waals surface area contributed by atoms with Gasteiger partial charge in [-0.15, -0.1) is 11.3 Å². The van der Waals surface area contributed by atoms with Crippen molar-refractivity contribution in [2.75, 3.05) is 5.75 Å². The quantitative estimate of drug-likeness (QED) is 0.650. The van der Waals surface area contributed by atoms with Crippen LogP contribution in [0, 0.1) is 0 Å². The van der Waals surface area contributed by atoms with E-state index in [1.165, 1.54) is 18.3 Å². The molecule has 0 bridgehead atoms. The van der Waals surface area contributed by atoms with Crippen LogP contribution < -0.4 is 4.18 Å². The number of amides is 1. The van der Waals surface area contributed by atoms with Gasteiger partial charge in [0.1, 0.15) is 5.75 Å². The van der Waals surface area contributed by atoms with Crippen molar-refractivity contribution in [2.24, 2.45) is 0 Å². The van der Waals surface area contributed by atoms with Crippen molar-refractivity contribution in [1.82, 2.24) is 4.90 Å². The highest BCUT2D eigenvalue weighted by Crippen LogP contribution is 2.20. The molecule has 1 aromatic carbocycles. The van der Waals surface area contributed by atoms with Gasteiger partial charge in [0.05, 0.1) is 10.6 Å². The van der Waals surface area contributed by atoms with Gasteiger partial charge in [0.2, 0.25) is 0 Å². The van der Waals surface area contributed by atoms with Crippen molar-refractivity contribution >= 4 is 27.4 Å². The zero-order chi connectivity index (χ0) is 18.4. The Balaban J connectivity index is 2.15. The fraction of sp³-hybridized carbons (Fsp3) is 0.389. The van der Waals surface area contributed by atoms with Gasteiger partial charge in [0, 0.05) is 12.6 Å². The topological polar surface area (TPSA) is 63.7 Å². The summed E-state index contributed by atoms with van der Waals surface area (Å²) in [4.78, 5) is 15.3. The standard InChI is InChI=1S/C18H23NO4S2/c1-4-14(3)19(18(20)17-7-6-12-24-17)13-15-8-10-16(11-9-15)23-25(21,22)5-2/h6-12,14H,4-5,13H2,1-3H3/t14-/m0/s1. The molecule has 0 aliphatic carbocycles. The molecule has 1 amide bonds. The first-order valence-electron chi connectivity index (χ1n) is 8.21. The Morgan fingerprint density at radius 2 is 1.88 bits per heavy atom. The van der Waals surface area contributed by atoms with E-state index in [4.69, 9.17) is 4.18 Å². The molecule has 0 spiro atoms. The van der Waals surface area contributed by atoms with Gasteiger partial charge in [-0.05, 0) is 49.4 Å². The maximum atomic E-state index is 12.7. The zero-order valence-electron chi connectivity index (χ0n) is 14.6. The Bertz CT molecular complexity index is 783. The minimum Gasteiger partial charge on any atom is -0.382 e. The predicted molar refractivity (Wildman–Crippen MR) is 100 cm³/mol. The highest BCUT2D eigenvalue weighted by molar-refractivity contribution is 7.87. The molecule has 0 aliphatic heterocycles. The van der Waals surface area contributed by atoms with Gasteiger partial charge in [-0.1, -0.05) is 25.1 Å². The average molecular weight is 382 g/mol. The Hall–Kier alpha value is -1.86. The van der Waals surface area contributed by atoms with Crippen LogP contribution in [0.25, 0.3) is 0 Å². The second-order valence-corrected chi connectivity index (χ2v) is 8.55. The molecular formula is C18H23NO4S2. The Morgan fingerprint density at radius 3 is 2.40 bits per heavy atom. The highest BCUT2D eigenvalue weighted by Gasteiger charge is 2.21. The molecule has 0 aliphatic rings. The Kier molecular flexibility index (Phi) is 6.61. The first-order chi connectivity index (χ1) is 11.9. The van der Waals surface area contributed by atoms with Crippen molar-refractivity contribution in [3.8, 4) is 5.75 Å². The van der Waals surface area contributed by atoms with E-state index in [1.807, 2.05) is 36.3 Å². The minimum atomic E-state index is -3.53. The maximum absolute atomic E-state index is 12.7. The molecular weight excluding hydrogens is 358 g/mol. The molecule has 136 valence electrons. The fourth-order valence-corrected chi connectivity index (χ4v) is 3.44. The van der Waals surface area contributed by atoms with Crippen LogP contribution in [0.1, 0.15) is 42.4 Å². The number of benzene rings is 1. The van der Waals surface area contributed by atoms with Crippen LogP contribution in [0.15, 0.2) is 41.8 Å². The first kappa shape index (κ1) is 19.5. The normalized spacial score (nSPS) is 12.6. The number of rotatable bonds is 8. The van der Waals surface area contributed by atoms with E-state index < -0.39 is 10.1 Å². The molecule has 1 atom stereocenters. The van der Waals surface area contributed by atoms with Crippen LogP contribution in [-0.4, -0.2) is 31.0 Å². The average Bonchev–Trinajstić information content (AvgIpc) is 3.14. The van der Waals surface area contributed by atoms with Gasteiger partial charge in [-0.25, -0.2) is 0 Å². The Morgan fingerprint density at radius 1 is 1.20 bits per heavy atom. The lowest BCUT2D eigenvalue weighted by molar-refractivity contribution is 0.0676. The lowest BCUT2D eigenvalue weighted by Gasteiger charge is -2.28. The summed E-state index contributed by atoms with van der Waals surface area (Å²) < 4.78 is 28.0. The Labute approximate surface area is 153 Å². The van der Waals surface area contributed by atoms with Crippen LogP contribution in [0.4, 0.5) is 0 Å². The summed E-state index contributed by atoms with van der Waals surface area (Å²) in [5.74, 6) is 0.217. The van der Waals surface area contributed by atoms with Crippen LogP contribution in [0.3, 0.4) is 0 Å². The van der Waals surface area contributed by atoms with Gasteiger partial charge in [-0.3, -0.25) is 4.79 Å². The summed E-state index contributed by atoms with van der Waals surface area (Å²) in [6, 6.07) is 10.6. The number of carbonyl (C=O) groups excluding carboxylic acids is 1. The summed E-state index contributed by atoms with van der Waals surface area (Å²) in [7, 11) is -3.53. The second kappa shape index (κ2) is 8.49. The lowest BCUT2D eigenvalue weighted by atomic mass is 10.1. The molecule has 0 saturated carbocycles. The summed E-state index contributed by atoms with van der Waals surface area (Å²) in [5.41, 5.74) is 0.923. The molecule has 7 heteroatoms. The van der Waals surface area contributed by atoms with E-state index in [-0.39, 0.29) is 23.5 Å². The number of hydrogen-bond donors (Lipinski definition) is 0. The first-order valence-corrected chi connectivity index (χ1v) is 10.7. The van der Waals surface area contributed by atoms with E-state index in [1.54, 1.807) is 24.3 Å². The van der Waals surface area contributed by atoms with Crippen molar-refractivity contribution in [3.63, 3.8) is 0 Å². The second-order valence-electron chi connectivity index (χ2n) is 5.74. The molecule has 0 saturated heterocycles. The third-order valence-corrected chi connectivity index (χ3v) is 5.98. The smallest absolute Gasteiger partial charge is 0.308 e. The van der Waals surface area contributed by atoms with Gasteiger partial charge < -0.3 is 9.08 Å². The van der Waals surface area contributed by atoms with E-state index in [9.17, 15) is 13.2 Å². The number of carbonyl (C=O) groups is 1. The third kappa shape index (κ3) is 5.31. The number of nitrogens with zero attached hydrogens (tertiary/aromatic N) is 1. The van der Waals surface area contributed by atoms with Crippen LogP contribution in [0.5, 0.6) is 5.75 Å². The van der Waals surface area contributed by atoms with Crippen molar-refractivity contribution in [3.05, 3.63) is 52.2 Å². The molecule has 1 aromatic heterocycles. The van der Waals surface area contributed by atoms with Crippen molar-refractivity contribution in [1.29, 1.82) is 0 Å². The third-order valence-electron chi connectivity index (χ3n) is 3.97. The maximum Gasteiger partial charge on any atom is 0.308 e. The molecule has 25 heavy (non-hydrogen) atoms. The van der Waals surface area contributed by atoms with Gasteiger partial charge >= 0.3 is 10.1 Å². The van der Waals surface area contributed by atoms with Gasteiger partial charge in [0.25, 0.3) is 5.91 Å². The largest absolute Gasteiger partial charge is 0.382 e. The highest BCUT2D eigenvalue weighted by atomic mass is 32.2. The molecule has 0 fully saturated rings. The van der Waals surface area contributed by atoms with Crippen LogP contribution >= 0.6 is 11.3 Å². The molecule has 5 nitrogen and oxygen atoms in total. The lowest BCUT2D eigenvalue weighted by Crippen LogP contribution is -2.37. The van der Waals surface area contributed by atoms with Crippen LogP contribution in [0.2, 0.25) is 0 Å².